The van der Waals surface area contributed by atoms with Crippen molar-refractivity contribution in [3.05, 3.63) is 0 Å². The summed E-state index contributed by atoms with van der Waals surface area (Å²) in [5, 5.41) is 0. The minimum Gasteiger partial charge on any atom is -0.327 e. The van der Waals surface area contributed by atoms with E-state index in [-0.39, 0.29) is 0 Å². The predicted molar refractivity (Wildman–Crippen MR) is 51.7 cm³/mol. The van der Waals surface area contributed by atoms with Crippen LogP contribution >= 0.6 is 0 Å². The highest BCUT2D eigenvalue weighted by atomic mass is 15.2. The summed E-state index contributed by atoms with van der Waals surface area (Å²) in [5.41, 5.74) is 5.87. The van der Waals surface area contributed by atoms with E-state index in [1.165, 1.54) is 6.42 Å². The van der Waals surface area contributed by atoms with Crippen molar-refractivity contribution >= 4 is 0 Å². The van der Waals surface area contributed by atoms with Gasteiger partial charge in [0.25, 0.3) is 0 Å². The molecule has 0 spiro atoms. The first kappa shape index (κ1) is 9.57. The summed E-state index contributed by atoms with van der Waals surface area (Å²) in [7, 11) is 0. The largest absolute Gasteiger partial charge is 0.327 e. The third kappa shape index (κ3) is 2.51. The second-order valence-electron chi connectivity index (χ2n) is 3.64. The van der Waals surface area contributed by atoms with Crippen LogP contribution in [0.25, 0.3) is 0 Å². The Labute approximate surface area is 75.1 Å². The van der Waals surface area contributed by atoms with Gasteiger partial charge in [0.2, 0.25) is 0 Å². The van der Waals surface area contributed by atoms with Crippen molar-refractivity contribution in [2.24, 2.45) is 5.73 Å². The van der Waals surface area contributed by atoms with Gasteiger partial charge >= 0.3 is 0 Å². The zero-order chi connectivity index (χ0) is 8.97. The molecule has 2 unspecified atom stereocenters. The van der Waals surface area contributed by atoms with E-state index in [1.807, 2.05) is 0 Å². The third-order valence-electron chi connectivity index (χ3n) is 2.59. The molecule has 2 nitrogen and oxygen atoms in total. The second-order valence-corrected chi connectivity index (χ2v) is 3.64. The molecule has 0 aromatic rings. The molecule has 2 heteroatoms. The van der Waals surface area contributed by atoms with E-state index in [1.54, 1.807) is 0 Å². The number of rotatable bonds is 2. The Morgan fingerprint density at radius 2 is 2.33 bits per heavy atom. The van der Waals surface area contributed by atoms with Crippen molar-refractivity contribution in [1.29, 1.82) is 0 Å². The fourth-order valence-corrected chi connectivity index (χ4v) is 1.73. The van der Waals surface area contributed by atoms with Gasteiger partial charge < -0.3 is 5.73 Å². The minimum absolute atomic E-state index is 0.360. The molecule has 0 saturated carbocycles. The lowest BCUT2D eigenvalue weighted by atomic mass is 10.00. The second kappa shape index (κ2) is 4.49. The van der Waals surface area contributed by atoms with Gasteiger partial charge in [-0.2, -0.15) is 0 Å². The van der Waals surface area contributed by atoms with Gasteiger partial charge in [-0.25, -0.2) is 0 Å². The summed E-state index contributed by atoms with van der Waals surface area (Å²) in [5.74, 6) is 2.67. The Balaban J connectivity index is 2.34. The van der Waals surface area contributed by atoms with Gasteiger partial charge in [0.1, 0.15) is 0 Å². The van der Waals surface area contributed by atoms with E-state index in [9.17, 15) is 0 Å². The maximum absolute atomic E-state index is 5.87. The summed E-state index contributed by atoms with van der Waals surface area (Å²) in [6, 6.07) is 1.03. The first-order chi connectivity index (χ1) is 5.74. The van der Waals surface area contributed by atoms with Crippen molar-refractivity contribution in [3.63, 3.8) is 0 Å². The molecule has 2 atom stereocenters. The van der Waals surface area contributed by atoms with Gasteiger partial charge in [-0.3, -0.25) is 4.90 Å². The van der Waals surface area contributed by atoms with E-state index in [0.717, 1.165) is 25.9 Å². The molecule has 12 heavy (non-hydrogen) atoms. The molecule has 1 aliphatic rings. The topological polar surface area (TPSA) is 29.3 Å². The van der Waals surface area contributed by atoms with E-state index in [2.05, 4.69) is 17.7 Å². The number of hydrogen-bond donors (Lipinski definition) is 1. The van der Waals surface area contributed by atoms with Crippen LogP contribution in [0.15, 0.2) is 0 Å². The van der Waals surface area contributed by atoms with E-state index >= 15 is 0 Å². The zero-order valence-electron chi connectivity index (χ0n) is 7.79. The standard InChI is InChI=1S/C10H18N2/c1-3-4-7-12-8-10(11)6-5-9(12)2/h1,9-10H,4-8,11H2,2H3. The van der Waals surface area contributed by atoms with E-state index in [0.29, 0.717) is 12.1 Å². The van der Waals surface area contributed by atoms with Crippen molar-refractivity contribution in [2.45, 2.75) is 38.3 Å². The maximum Gasteiger partial charge on any atom is 0.0214 e. The van der Waals surface area contributed by atoms with Crippen molar-refractivity contribution in [3.8, 4) is 12.3 Å². The van der Waals surface area contributed by atoms with Gasteiger partial charge in [-0.15, -0.1) is 12.3 Å². The van der Waals surface area contributed by atoms with Crippen molar-refractivity contribution < 1.29 is 0 Å². The van der Waals surface area contributed by atoms with Gasteiger partial charge in [-0.1, -0.05) is 0 Å². The Morgan fingerprint density at radius 1 is 1.58 bits per heavy atom. The fourth-order valence-electron chi connectivity index (χ4n) is 1.73. The molecule has 0 bridgehead atoms. The Bertz CT molecular complexity index is 171. The molecule has 0 radical (unpaired) electrons. The molecule has 1 rings (SSSR count). The quantitative estimate of drug-likeness (QED) is 0.615. The SMILES string of the molecule is C#CCCN1CC(N)CCC1C. The molecule has 0 aromatic carbocycles. The highest BCUT2D eigenvalue weighted by molar-refractivity contribution is 4.88. The first-order valence-corrected chi connectivity index (χ1v) is 4.67. The number of terminal acetylenes is 1. The smallest absolute Gasteiger partial charge is 0.0214 e. The van der Waals surface area contributed by atoms with Crippen molar-refractivity contribution in [1.82, 2.24) is 4.90 Å². The highest BCUT2D eigenvalue weighted by Crippen LogP contribution is 2.15. The number of nitrogens with two attached hydrogens (primary N) is 1. The average molecular weight is 166 g/mol. The van der Waals surface area contributed by atoms with Crippen LogP contribution in [0.2, 0.25) is 0 Å². The Morgan fingerprint density at radius 3 is 3.00 bits per heavy atom. The predicted octanol–water partition coefficient (Wildman–Crippen LogP) is 0.821. The molecular formula is C10H18N2. The molecule has 0 aliphatic carbocycles. The van der Waals surface area contributed by atoms with Crippen LogP contribution in [-0.4, -0.2) is 30.1 Å². The van der Waals surface area contributed by atoms with Crippen molar-refractivity contribution in [2.75, 3.05) is 13.1 Å². The monoisotopic (exact) mass is 166 g/mol. The average Bonchev–Trinajstić information content (AvgIpc) is 2.07. The molecule has 0 aromatic heterocycles. The highest BCUT2D eigenvalue weighted by Gasteiger charge is 2.21. The van der Waals surface area contributed by atoms with Crippen LogP contribution in [0, 0.1) is 12.3 Å². The number of hydrogen-bond acceptors (Lipinski definition) is 2. The summed E-state index contributed by atoms with van der Waals surface area (Å²) in [6.07, 6.45) is 8.44. The van der Waals surface area contributed by atoms with Gasteiger partial charge in [0.15, 0.2) is 0 Å². The first-order valence-electron chi connectivity index (χ1n) is 4.67. The molecule has 1 saturated heterocycles. The lowest BCUT2D eigenvalue weighted by molar-refractivity contribution is 0.149. The fraction of sp³-hybridized carbons (Fsp3) is 0.800. The van der Waals surface area contributed by atoms with E-state index in [4.69, 9.17) is 12.2 Å². The molecule has 1 aliphatic heterocycles. The van der Waals surface area contributed by atoms with Gasteiger partial charge in [0.05, 0.1) is 0 Å². The number of likely N-dealkylation sites (tertiary alicyclic amines) is 1. The van der Waals surface area contributed by atoms with Crippen LogP contribution in [0.3, 0.4) is 0 Å². The van der Waals surface area contributed by atoms with Gasteiger partial charge in [0, 0.05) is 31.6 Å². The Kier molecular flexibility index (Phi) is 3.58. The zero-order valence-corrected chi connectivity index (χ0v) is 7.79. The molecular weight excluding hydrogens is 148 g/mol. The Hall–Kier alpha value is -0.520. The summed E-state index contributed by atoms with van der Waals surface area (Å²) < 4.78 is 0. The number of nitrogens with zero attached hydrogens (tertiary/aromatic N) is 1. The van der Waals surface area contributed by atoms with E-state index < -0.39 is 0 Å². The lowest BCUT2D eigenvalue weighted by Gasteiger charge is -2.36. The third-order valence-corrected chi connectivity index (χ3v) is 2.59. The summed E-state index contributed by atoms with van der Waals surface area (Å²) >= 11 is 0. The maximum atomic E-state index is 5.87. The van der Waals surface area contributed by atoms with Crippen LogP contribution < -0.4 is 5.73 Å². The molecule has 1 heterocycles. The van der Waals surface area contributed by atoms with Crippen LogP contribution in [0.4, 0.5) is 0 Å². The minimum atomic E-state index is 0.360. The summed E-state index contributed by atoms with van der Waals surface area (Å²) in [4.78, 5) is 2.40. The molecule has 68 valence electrons. The summed E-state index contributed by atoms with van der Waals surface area (Å²) in [6.45, 7) is 4.27. The van der Waals surface area contributed by atoms with Crippen LogP contribution in [0.5, 0.6) is 0 Å². The number of piperidine rings is 1. The van der Waals surface area contributed by atoms with Gasteiger partial charge in [-0.05, 0) is 19.8 Å². The molecule has 1 fully saturated rings. The van der Waals surface area contributed by atoms with Crippen LogP contribution in [0.1, 0.15) is 26.2 Å². The molecule has 2 N–H and O–H groups in total. The molecule has 0 amide bonds. The van der Waals surface area contributed by atoms with Crippen LogP contribution in [-0.2, 0) is 0 Å². The lowest BCUT2D eigenvalue weighted by Crippen LogP contribution is -2.47. The normalized spacial score (nSPS) is 31.4.